The molecular weight excluding hydrogens is 308 g/mol. The standard InChI is InChI=1S/C18H32N2O4/c1-6-23-12-15(21)20-13-18(11-14(20)2)7-9-19(10-8-18)16(22)24-17(3,4)5/h14H,6-13H2,1-5H3. The molecule has 2 fully saturated rings. The number of nitrogens with zero attached hydrogens (tertiary/aromatic N) is 2. The van der Waals surface area contributed by atoms with Crippen molar-refractivity contribution in [3.8, 4) is 0 Å². The van der Waals surface area contributed by atoms with E-state index in [1.165, 1.54) is 0 Å². The molecule has 6 nitrogen and oxygen atoms in total. The predicted molar refractivity (Wildman–Crippen MR) is 91.8 cm³/mol. The third kappa shape index (κ3) is 4.62. The number of amides is 2. The van der Waals surface area contributed by atoms with Gasteiger partial charge in [-0.15, -0.1) is 0 Å². The van der Waals surface area contributed by atoms with Crippen LogP contribution in [0.2, 0.25) is 0 Å². The summed E-state index contributed by atoms with van der Waals surface area (Å²) in [5, 5.41) is 0. The Balaban J connectivity index is 1.89. The largest absolute Gasteiger partial charge is 0.444 e. The van der Waals surface area contributed by atoms with Crippen molar-refractivity contribution < 1.29 is 19.1 Å². The summed E-state index contributed by atoms with van der Waals surface area (Å²) in [5.41, 5.74) is -0.323. The van der Waals surface area contributed by atoms with Crippen LogP contribution in [-0.4, -0.2) is 66.3 Å². The van der Waals surface area contributed by atoms with E-state index in [9.17, 15) is 9.59 Å². The first-order chi connectivity index (χ1) is 11.2. The Morgan fingerprint density at radius 3 is 2.38 bits per heavy atom. The minimum absolute atomic E-state index is 0.0794. The summed E-state index contributed by atoms with van der Waals surface area (Å²) in [4.78, 5) is 28.2. The van der Waals surface area contributed by atoms with Crippen molar-refractivity contribution in [3.05, 3.63) is 0 Å². The van der Waals surface area contributed by atoms with E-state index in [-0.39, 0.29) is 30.1 Å². The average Bonchev–Trinajstić information content (AvgIpc) is 2.80. The summed E-state index contributed by atoms with van der Waals surface area (Å²) in [6, 6.07) is 0.242. The normalized spacial score (nSPS) is 23.6. The van der Waals surface area contributed by atoms with Gasteiger partial charge in [0.1, 0.15) is 12.2 Å². The number of hydrogen-bond donors (Lipinski definition) is 0. The summed E-state index contributed by atoms with van der Waals surface area (Å²) in [6.07, 6.45) is 2.63. The minimum Gasteiger partial charge on any atom is -0.444 e. The molecule has 0 aromatic rings. The van der Waals surface area contributed by atoms with Crippen LogP contribution in [0.3, 0.4) is 0 Å². The summed E-state index contributed by atoms with van der Waals surface area (Å²) in [5.74, 6) is 0.0794. The van der Waals surface area contributed by atoms with Gasteiger partial charge in [0, 0.05) is 32.3 Å². The fourth-order valence-corrected chi connectivity index (χ4v) is 3.78. The van der Waals surface area contributed by atoms with E-state index >= 15 is 0 Å². The molecule has 0 radical (unpaired) electrons. The van der Waals surface area contributed by atoms with E-state index in [0.29, 0.717) is 19.7 Å². The Labute approximate surface area is 145 Å². The molecule has 24 heavy (non-hydrogen) atoms. The van der Waals surface area contributed by atoms with Gasteiger partial charge in [-0.05, 0) is 59.3 Å². The molecule has 0 N–H and O–H groups in total. The first-order valence-electron chi connectivity index (χ1n) is 9.01. The summed E-state index contributed by atoms with van der Waals surface area (Å²) < 4.78 is 10.7. The minimum atomic E-state index is -0.462. The maximum absolute atomic E-state index is 12.3. The van der Waals surface area contributed by atoms with Crippen LogP contribution in [-0.2, 0) is 14.3 Å². The highest BCUT2D eigenvalue weighted by atomic mass is 16.6. The van der Waals surface area contributed by atoms with E-state index < -0.39 is 5.60 Å². The first-order valence-corrected chi connectivity index (χ1v) is 9.01. The van der Waals surface area contributed by atoms with Crippen LogP contribution in [0.4, 0.5) is 4.79 Å². The molecule has 0 bridgehead atoms. The van der Waals surface area contributed by atoms with Crippen molar-refractivity contribution in [2.75, 3.05) is 32.8 Å². The lowest BCUT2D eigenvalue weighted by Crippen LogP contribution is -2.46. The van der Waals surface area contributed by atoms with Gasteiger partial charge < -0.3 is 19.3 Å². The van der Waals surface area contributed by atoms with Crippen molar-refractivity contribution in [1.29, 1.82) is 0 Å². The molecule has 2 rings (SSSR count). The number of piperidine rings is 1. The lowest BCUT2D eigenvalue weighted by atomic mass is 9.77. The number of rotatable bonds is 3. The molecular formula is C18H32N2O4. The highest BCUT2D eigenvalue weighted by Gasteiger charge is 2.46. The van der Waals surface area contributed by atoms with Crippen molar-refractivity contribution >= 4 is 12.0 Å². The van der Waals surface area contributed by atoms with E-state index in [1.807, 2.05) is 32.6 Å². The SMILES string of the molecule is CCOCC(=O)N1CC2(CCN(C(=O)OC(C)(C)C)CC2)CC1C. The molecule has 2 aliphatic rings. The van der Waals surface area contributed by atoms with E-state index in [4.69, 9.17) is 9.47 Å². The lowest BCUT2D eigenvalue weighted by Gasteiger charge is -2.39. The zero-order chi connectivity index (χ0) is 18.0. The van der Waals surface area contributed by atoms with Gasteiger partial charge in [0.2, 0.25) is 5.91 Å². The van der Waals surface area contributed by atoms with Crippen LogP contribution in [0.5, 0.6) is 0 Å². The molecule has 0 aromatic heterocycles. The Morgan fingerprint density at radius 2 is 1.83 bits per heavy atom. The maximum Gasteiger partial charge on any atom is 0.410 e. The monoisotopic (exact) mass is 340 g/mol. The molecule has 1 atom stereocenters. The third-order valence-electron chi connectivity index (χ3n) is 4.99. The second kappa shape index (κ2) is 7.30. The molecule has 1 spiro atoms. The highest BCUT2D eigenvalue weighted by molar-refractivity contribution is 5.78. The third-order valence-corrected chi connectivity index (χ3v) is 4.99. The van der Waals surface area contributed by atoms with Crippen LogP contribution < -0.4 is 0 Å². The van der Waals surface area contributed by atoms with Gasteiger partial charge in [-0.2, -0.15) is 0 Å². The zero-order valence-electron chi connectivity index (χ0n) is 15.8. The molecule has 2 aliphatic heterocycles. The molecule has 2 amide bonds. The van der Waals surface area contributed by atoms with E-state index in [2.05, 4.69) is 6.92 Å². The molecule has 0 aliphatic carbocycles. The predicted octanol–water partition coefficient (Wildman–Crippen LogP) is 2.66. The Kier molecular flexibility index (Phi) is 5.78. The fourth-order valence-electron chi connectivity index (χ4n) is 3.78. The second-order valence-corrected chi connectivity index (χ2v) is 8.18. The molecule has 0 saturated carbocycles. The van der Waals surface area contributed by atoms with Crippen molar-refractivity contribution in [1.82, 2.24) is 9.80 Å². The van der Waals surface area contributed by atoms with E-state index in [1.54, 1.807) is 4.90 Å². The maximum atomic E-state index is 12.3. The number of carbonyl (C=O) groups is 2. The topological polar surface area (TPSA) is 59.1 Å². The molecule has 2 heterocycles. The number of likely N-dealkylation sites (tertiary alicyclic amines) is 2. The van der Waals surface area contributed by atoms with Crippen LogP contribution >= 0.6 is 0 Å². The van der Waals surface area contributed by atoms with Crippen LogP contribution in [0.15, 0.2) is 0 Å². The molecule has 138 valence electrons. The lowest BCUT2D eigenvalue weighted by molar-refractivity contribution is -0.137. The number of carbonyl (C=O) groups excluding carboxylic acids is 2. The van der Waals surface area contributed by atoms with Gasteiger partial charge >= 0.3 is 6.09 Å². The molecule has 6 heteroatoms. The summed E-state index contributed by atoms with van der Waals surface area (Å²) >= 11 is 0. The Morgan fingerprint density at radius 1 is 1.21 bits per heavy atom. The van der Waals surface area contributed by atoms with Crippen molar-refractivity contribution in [3.63, 3.8) is 0 Å². The average molecular weight is 340 g/mol. The van der Waals surface area contributed by atoms with Gasteiger partial charge in [-0.1, -0.05) is 0 Å². The zero-order valence-corrected chi connectivity index (χ0v) is 15.8. The van der Waals surface area contributed by atoms with Gasteiger partial charge in [0.25, 0.3) is 0 Å². The van der Waals surface area contributed by atoms with Crippen LogP contribution in [0.1, 0.15) is 53.9 Å². The van der Waals surface area contributed by atoms with Gasteiger partial charge in [-0.25, -0.2) is 4.79 Å². The highest BCUT2D eigenvalue weighted by Crippen LogP contribution is 2.43. The fraction of sp³-hybridized carbons (Fsp3) is 0.889. The molecule has 1 unspecified atom stereocenters. The molecule has 2 saturated heterocycles. The second-order valence-electron chi connectivity index (χ2n) is 8.18. The summed E-state index contributed by atoms with van der Waals surface area (Å²) in [7, 11) is 0. The Hall–Kier alpha value is -1.30. The van der Waals surface area contributed by atoms with Gasteiger partial charge in [-0.3, -0.25) is 4.79 Å². The Bertz CT molecular complexity index is 464. The number of ether oxygens (including phenoxy) is 2. The summed E-state index contributed by atoms with van der Waals surface area (Å²) in [6.45, 7) is 12.6. The van der Waals surface area contributed by atoms with Crippen LogP contribution in [0, 0.1) is 5.41 Å². The molecule has 0 aromatic carbocycles. The smallest absolute Gasteiger partial charge is 0.410 e. The quantitative estimate of drug-likeness (QED) is 0.792. The van der Waals surface area contributed by atoms with Gasteiger partial charge in [0.15, 0.2) is 0 Å². The van der Waals surface area contributed by atoms with Crippen LogP contribution in [0.25, 0.3) is 0 Å². The van der Waals surface area contributed by atoms with Gasteiger partial charge in [0.05, 0.1) is 0 Å². The number of hydrogen-bond acceptors (Lipinski definition) is 4. The first kappa shape index (κ1) is 19.0. The van der Waals surface area contributed by atoms with Crippen molar-refractivity contribution in [2.24, 2.45) is 5.41 Å². The van der Waals surface area contributed by atoms with Crippen molar-refractivity contribution in [2.45, 2.75) is 65.5 Å². The van der Waals surface area contributed by atoms with E-state index in [0.717, 1.165) is 25.8 Å².